The number of nitrogens with one attached hydrogen (secondary N) is 3. The van der Waals surface area contributed by atoms with E-state index in [-0.39, 0.29) is 11.9 Å². The van der Waals surface area contributed by atoms with Crippen LogP contribution in [-0.2, 0) is 54.9 Å². The van der Waals surface area contributed by atoms with Gasteiger partial charge in [0.15, 0.2) is 0 Å². The van der Waals surface area contributed by atoms with Crippen molar-refractivity contribution < 1.29 is 23.8 Å². The fourth-order valence-electron chi connectivity index (χ4n) is 10.1. The number of aromatic nitrogens is 10. The molecule has 0 fully saturated rings. The molecule has 0 spiro atoms. The van der Waals surface area contributed by atoms with Crippen LogP contribution in [0.15, 0.2) is 293 Å². The third-order valence-corrected chi connectivity index (χ3v) is 16.0. The van der Waals surface area contributed by atoms with Crippen LogP contribution in [0.2, 0.25) is 0 Å². The number of para-hydroxylation sites is 1. The summed E-state index contributed by atoms with van der Waals surface area (Å²) < 4.78 is 30.8. The number of aromatic amines is 2. The van der Waals surface area contributed by atoms with E-state index < -0.39 is 0 Å². The lowest BCUT2D eigenvalue weighted by molar-refractivity contribution is 0.0589. The Bertz CT molecular complexity index is 4630. The van der Waals surface area contributed by atoms with Crippen LogP contribution in [0.3, 0.4) is 0 Å². The Morgan fingerprint density at radius 2 is 1.07 bits per heavy atom. The van der Waals surface area contributed by atoms with Gasteiger partial charge in [0, 0.05) is 155 Å². The zero-order chi connectivity index (χ0) is 77.6. The highest BCUT2D eigenvalue weighted by atomic mass is 16.5. The van der Waals surface area contributed by atoms with Crippen LogP contribution in [-0.4, -0.2) is 85.2 Å². The molecule has 18 heteroatoms. The largest absolute Gasteiger partial charge is 0.464 e. The number of aryl methyl sites for hydroxylation is 9. The van der Waals surface area contributed by atoms with Crippen LogP contribution in [0.25, 0.3) is 43.4 Å². The molecule has 0 bridgehead atoms. The van der Waals surface area contributed by atoms with Gasteiger partial charge < -0.3 is 66.0 Å². The normalized spacial score (nSPS) is 9.79. The van der Waals surface area contributed by atoms with E-state index in [4.69, 9.17) is 22.6 Å². The standard InChI is InChI=1S/C16H13N.C14H16N2O.C11H8N2.2C8H13NO.C8H13N.C7H8N2.C7H9NO2.2C5H7N/c1-3-7-13(8-4-1)15-11-16(17-12-15)14-9-5-2-6-10-14;1-3-15-14(17)13-5-4-10-16(13)12-8-6-11(2)7-9-12;1-12-10-7-8-13(9-10)11-5-3-2-4-6-11;1-3-10-7-9-5-4-8(2)6-9;1-3-10-7-9-6-4-5-8(9)2;1-4-9-7(2)5-6-8(9)3;1-3-9-5-4-7(6-9)8-2;1-8-5-3-4-6(8)7(9)10-2;1-6-4-2-3-5-6;1-5-3-2-4-6-5/h1-12,17H;4-10H,3H2,1-2H3,(H,15,17);2-9H;2*4-6H,3,7H2,1-2H3;5-6H,4H2,1-3H3;4-6H,3H2,1H3;3-5H,1-2H3;2-5H,1H3;2-4,6H,1H3. The molecule has 3 N–H and O–H groups in total. The van der Waals surface area contributed by atoms with Crippen molar-refractivity contribution in [3.63, 3.8) is 0 Å². The van der Waals surface area contributed by atoms with Crippen molar-refractivity contribution in [2.24, 2.45) is 14.1 Å². The average Bonchev–Trinajstić information content (AvgIpc) is 1.73. The molecular formula is C89H107N13O5. The average molecular weight is 1440 g/mol. The number of H-pyrrole nitrogens is 2. The van der Waals surface area contributed by atoms with Gasteiger partial charge in [-0.2, -0.15) is 0 Å². The molecule has 10 heterocycles. The fourth-order valence-corrected chi connectivity index (χ4v) is 10.1. The van der Waals surface area contributed by atoms with Crippen molar-refractivity contribution in [1.82, 2.24) is 51.8 Å². The Hall–Kier alpha value is -12.5. The van der Waals surface area contributed by atoms with E-state index in [1.807, 2.05) is 249 Å². The number of hydrogen-bond donors (Lipinski definition) is 3. The van der Waals surface area contributed by atoms with Crippen molar-refractivity contribution in [2.45, 2.75) is 103 Å². The SMILES string of the molecule is CCNC(=O)c1cccn1-c1ccc(C)cc1.CCOCn1ccc(C)c1.CCOCn1cccc1C.CCn1c(C)ccc1C.COC(=O)c1cccn1C.Cc1ccc[nH]1.Cn1cccc1.[C-]#[N+]c1ccn(-c2ccccc2)c1.[C-]#[N+]c1ccn(CC)c1.c1ccc(-c2c[nH]c(-c3ccccc3)c2)cc1. The van der Waals surface area contributed by atoms with Crippen molar-refractivity contribution in [3.05, 3.63) is 361 Å². The number of nitrogens with zero attached hydrogens (tertiary/aromatic N) is 10. The monoisotopic (exact) mass is 1440 g/mol. The highest BCUT2D eigenvalue weighted by Crippen LogP contribution is 2.26. The maximum Gasteiger partial charge on any atom is 0.354 e. The molecule has 0 saturated heterocycles. The van der Waals surface area contributed by atoms with Crippen LogP contribution in [0.4, 0.5) is 11.4 Å². The lowest BCUT2D eigenvalue weighted by Crippen LogP contribution is -2.24. The Morgan fingerprint density at radius 1 is 0.477 bits per heavy atom. The molecule has 0 radical (unpaired) electrons. The minimum atomic E-state index is -0.299. The number of carbonyl (C=O) groups excluding carboxylic acids is 2. The molecule has 18 nitrogen and oxygen atoms in total. The second-order valence-corrected chi connectivity index (χ2v) is 24.2. The number of benzene rings is 4. The molecule has 0 saturated carbocycles. The number of esters is 1. The quantitative estimate of drug-likeness (QED) is 0.0689. The summed E-state index contributed by atoms with van der Waals surface area (Å²) in [5.41, 5.74) is 17.2. The summed E-state index contributed by atoms with van der Waals surface area (Å²) in [4.78, 5) is 35.6. The third-order valence-electron chi connectivity index (χ3n) is 16.0. The summed E-state index contributed by atoms with van der Waals surface area (Å²) in [5, 5.41) is 2.81. The molecule has 0 aliphatic rings. The van der Waals surface area contributed by atoms with Crippen LogP contribution >= 0.6 is 0 Å². The van der Waals surface area contributed by atoms with Gasteiger partial charge >= 0.3 is 5.97 Å². The van der Waals surface area contributed by atoms with Gasteiger partial charge in [-0.1, -0.05) is 96.6 Å². The first-order valence-corrected chi connectivity index (χ1v) is 35.7. The van der Waals surface area contributed by atoms with Crippen LogP contribution < -0.4 is 5.32 Å². The summed E-state index contributed by atoms with van der Waals surface area (Å²) in [6, 6.07) is 70.3. The number of amides is 1. The molecule has 14 rings (SSSR count). The maximum atomic E-state index is 11.8. The molecule has 1 amide bonds. The van der Waals surface area contributed by atoms with Crippen molar-refractivity contribution in [1.29, 1.82) is 0 Å². The minimum absolute atomic E-state index is 0.0434. The van der Waals surface area contributed by atoms with Crippen molar-refractivity contribution >= 4 is 23.3 Å². The highest BCUT2D eigenvalue weighted by Gasteiger charge is 2.11. The number of rotatable bonds is 15. The second-order valence-electron chi connectivity index (χ2n) is 24.2. The lowest BCUT2D eigenvalue weighted by Gasteiger charge is -2.09. The van der Waals surface area contributed by atoms with Crippen LogP contribution in [0, 0.1) is 54.7 Å². The van der Waals surface area contributed by atoms with Gasteiger partial charge in [0.05, 0.1) is 20.3 Å². The van der Waals surface area contributed by atoms with E-state index in [1.54, 1.807) is 36.0 Å². The molecule has 558 valence electrons. The van der Waals surface area contributed by atoms with Gasteiger partial charge in [0.1, 0.15) is 24.8 Å². The van der Waals surface area contributed by atoms with Crippen molar-refractivity contribution in [3.8, 4) is 33.8 Å². The van der Waals surface area contributed by atoms with Crippen LogP contribution in [0.1, 0.15) is 89.5 Å². The number of ether oxygens (including phenoxy) is 3. The highest BCUT2D eigenvalue weighted by molar-refractivity contribution is 5.93. The summed E-state index contributed by atoms with van der Waals surface area (Å²) in [5.74, 6) is -0.342. The Labute approximate surface area is 634 Å². The first-order valence-electron chi connectivity index (χ1n) is 35.7. The molecule has 4 aromatic carbocycles. The van der Waals surface area contributed by atoms with Gasteiger partial charge in [-0.25, -0.2) is 14.5 Å². The molecule has 0 unspecified atom stereocenters. The van der Waals surface area contributed by atoms with Gasteiger partial charge in [-0.15, -0.1) is 0 Å². The maximum absolute atomic E-state index is 11.8. The molecule has 0 aliphatic heterocycles. The molecule has 0 atom stereocenters. The predicted octanol–water partition coefficient (Wildman–Crippen LogP) is 20.8. The summed E-state index contributed by atoms with van der Waals surface area (Å²) in [7, 11) is 5.17. The first-order chi connectivity index (χ1) is 51.9. The topological polar surface area (TPSA) is 154 Å². The summed E-state index contributed by atoms with van der Waals surface area (Å²) in [6.07, 6.45) is 25.2. The Morgan fingerprint density at radius 3 is 1.53 bits per heavy atom. The molecule has 14 aromatic rings. The summed E-state index contributed by atoms with van der Waals surface area (Å²) >= 11 is 0. The molecule has 107 heavy (non-hydrogen) atoms. The van der Waals surface area contributed by atoms with Crippen molar-refractivity contribution in [2.75, 3.05) is 26.9 Å². The smallest absolute Gasteiger partial charge is 0.354 e. The third kappa shape index (κ3) is 30.8. The zero-order valence-corrected chi connectivity index (χ0v) is 64.7. The number of hydrogen-bond acceptors (Lipinski definition) is 5. The van der Waals surface area contributed by atoms with E-state index in [0.29, 0.717) is 37.1 Å². The zero-order valence-electron chi connectivity index (χ0n) is 64.7. The van der Waals surface area contributed by atoms with Gasteiger partial charge in [0.2, 0.25) is 11.4 Å². The van der Waals surface area contributed by atoms with E-state index in [1.165, 1.54) is 57.7 Å². The summed E-state index contributed by atoms with van der Waals surface area (Å²) in [6.45, 7) is 41.6. The molecular weight excluding hydrogens is 1330 g/mol. The van der Waals surface area contributed by atoms with E-state index in [0.717, 1.165) is 49.1 Å². The van der Waals surface area contributed by atoms with E-state index in [9.17, 15) is 9.59 Å². The first kappa shape index (κ1) is 85.2. The predicted molar refractivity (Wildman–Crippen MR) is 437 cm³/mol. The van der Waals surface area contributed by atoms with Gasteiger partial charge in [0.25, 0.3) is 5.91 Å². The van der Waals surface area contributed by atoms with E-state index >= 15 is 0 Å². The second kappa shape index (κ2) is 48.5. The van der Waals surface area contributed by atoms with Crippen LogP contribution in [0.5, 0.6) is 0 Å². The van der Waals surface area contributed by atoms with E-state index in [2.05, 4.69) is 165 Å². The Balaban J connectivity index is 0.000000217. The van der Waals surface area contributed by atoms with Gasteiger partial charge in [-0.3, -0.25) is 4.79 Å². The molecule has 0 aliphatic carbocycles. The Kier molecular flexibility index (Phi) is 38.6. The molecule has 10 aromatic heterocycles. The van der Waals surface area contributed by atoms with Gasteiger partial charge in [-0.05, 0) is 232 Å². The number of methoxy groups -OCH3 is 1. The fraction of sp³-hybridized carbons (Fsp3) is 0.236. The lowest BCUT2D eigenvalue weighted by atomic mass is 10.1. The minimum Gasteiger partial charge on any atom is -0.464 e. The number of carbonyl (C=O) groups is 2.